The number of rotatable bonds is 8. The van der Waals surface area contributed by atoms with Crippen LogP contribution in [0, 0.1) is 11.8 Å². The van der Waals surface area contributed by atoms with Gasteiger partial charge in [-0.25, -0.2) is 4.79 Å². The number of hydrogen-bond acceptors (Lipinski definition) is 12. The second kappa shape index (κ2) is 20.1. The highest BCUT2D eigenvalue weighted by Gasteiger charge is 2.30. The van der Waals surface area contributed by atoms with E-state index in [-0.39, 0.29) is 40.8 Å². The monoisotopic (exact) mass is 763 g/mol. The summed E-state index contributed by atoms with van der Waals surface area (Å²) in [5.41, 5.74) is 7.91. The Hall–Kier alpha value is -4.89. The molecule has 6 N–H and O–H groups in total. The number of carbonyl (C=O) groups excluding carboxylic acids is 2. The lowest BCUT2D eigenvalue weighted by molar-refractivity contribution is -0.112. The van der Waals surface area contributed by atoms with Crippen LogP contribution in [0.25, 0.3) is 0 Å². The highest BCUT2D eigenvalue weighted by atomic mass is 16.6. The number of piperazine rings is 1. The van der Waals surface area contributed by atoms with Crippen LogP contribution in [0.3, 0.4) is 0 Å². The number of phenols is 2. The first-order valence-corrected chi connectivity index (χ1v) is 18.5. The van der Waals surface area contributed by atoms with Crippen LogP contribution in [-0.2, 0) is 25.4 Å². The van der Waals surface area contributed by atoms with Crippen molar-refractivity contribution in [3.05, 3.63) is 71.3 Å². The standard InChI is InChI=1S/C41H57N5O9/c1-25-21-29-36(43-15-16-45-17-19-46(20-18-45)31-12-8-9-13-33(31)52-5)32(47)24-30(38(29)49)44-40(50)26(2)11-10-14-34(53-6)39(55-41(42)51)28(4)23-27(3)37(48)35(22-25)54-7/h8-15,23-25,27,34-35,37,39,47-49H,16-22H2,1-7H3,(H2,42,51)(H,44,50)/b14-10-,26-11?,28-23?,43-15?. The number of nitrogens with zero attached hydrogens (tertiary/aromatic N) is 3. The second-order valence-corrected chi connectivity index (χ2v) is 14.2. The molecule has 14 heteroatoms. The molecule has 2 aliphatic rings. The van der Waals surface area contributed by atoms with Gasteiger partial charge < -0.3 is 50.2 Å². The number of primary amides is 1. The molecule has 1 saturated heterocycles. The number of fused-ring (bicyclic) bond motifs is 2. The van der Waals surface area contributed by atoms with Gasteiger partial charge in [0.2, 0.25) is 0 Å². The van der Waals surface area contributed by atoms with Gasteiger partial charge in [0.15, 0.2) is 6.10 Å². The van der Waals surface area contributed by atoms with Gasteiger partial charge >= 0.3 is 6.09 Å². The van der Waals surface area contributed by atoms with Crippen LogP contribution >= 0.6 is 0 Å². The number of benzene rings is 2. The van der Waals surface area contributed by atoms with E-state index in [1.807, 2.05) is 32.0 Å². The molecule has 2 aromatic rings. The van der Waals surface area contributed by atoms with Crippen molar-refractivity contribution in [2.45, 2.75) is 65.0 Å². The number of aliphatic hydroxyl groups excluding tert-OH is 1. The summed E-state index contributed by atoms with van der Waals surface area (Å²) in [6, 6.07) is 9.24. The summed E-state index contributed by atoms with van der Waals surface area (Å²) in [5.74, 6) is -0.751. The third-order valence-corrected chi connectivity index (χ3v) is 10.2. The number of aliphatic imine (C=N–C) groups is 1. The minimum absolute atomic E-state index is 0.0206. The number of phenolic OH excluding ortho intramolecular Hbond substituents is 2. The zero-order chi connectivity index (χ0) is 40.2. The number of aromatic hydroxyl groups is 2. The Morgan fingerprint density at radius 1 is 1.07 bits per heavy atom. The maximum absolute atomic E-state index is 13.3. The normalized spacial score (nSPS) is 25.5. The van der Waals surface area contributed by atoms with Crippen LogP contribution < -0.4 is 20.7 Å². The van der Waals surface area contributed by atoms with Crippen molar-refractivity contribution >= 4 is 35.3 Å². The molecule has 0 spiro atoms. The molecule has 2 aliphatic heterocycles. The zero-order valence-corrected chi connectivity index (χ0v) is 32.9. The number of nitrogens with one attached hydrogen (secondary N) is 1. The van der Waals surface area contributed by atoms with Gasteiger partial charge in [-0.3, -0.25) is 14.7 Å². The zero-order valence-electron chi connectivity index (χ0n) is 32.9. The number of carbonyl (C=O) groups is 2. The molecule has 2 amide bonds. The number of para-hydroxylation sites is 2. The van der Waals surface area contributed by atoms with E-state index >= 15 is 0 Å². The van der Waals surface area contributed by atoms with E-state index in [9.17, 15) is 24.9 Å². The van der Waals surface area contributed by atoms with Crippen molar-refractivity contribution in [3.8, 4) is 17.2 Å². The minimum Gasteiger partial charge on any atom is -0.506 e. The first-order chi connectivity index (χ1) is 26.3. The van der Waals surface area contributed by atoms with E-state index < -0.39 is 42.3 Å². The summed E-state index contributed by atoms with van der Waals surface area (Å²) < 4.78 is 22.4. The molecule has 2 bridgehead atoms. The number of allylic oxidation sites excluding steroid dienone is 2. The van der Waals surface area contributed by atoms with Gasteiger partial charge in [0, 0.05) is 76.3 Å². The van der Waals surface area contributed by atoms with Gasteiger partial charge in [-0.1, -0.05) is 50.3 Å². The molecule has 6 atom stereocenters. The molecular weight excluding hydrogens is 706 g/mol. The fourth-order valence-corrected chi connectivity index (χ4v) is 7.05. The van der Waals surface area contributed by atoms with E-state index in [0.29, 0.717) is 24.1 Å². The maximum Gasteiger partial charge on any atom is 0.405 e. The number of nitrogens with two attached hydrogens (primary N) is 1. The van der Waals surface area contributed by atoms with Gasteiger partial charge in [0.25, 0.3) is 5.91 Å². The van der Waals surface area contributed by atoms with Crippen LogP contribution in [0.1, 0.15) is 39.7 Å². The van der Waals surface area contributed by atoms with E-state index in [0.717, 1.165) is 37.6 Å². The molecule has 1 fully saturated rings. The lowest BCUT2D eigenvalue weighted by Crippen LogP contribution is -2.47. The van der Waals surface area contributed by atoms with Crippen LogP contribution in [0.2, 0.25) is 0 Å². The summed E-state index contributed by atoms with van der Waals surface area (Å²) in [4.78, 5) is 34.4. The summed E-state index contributed by atoms with van der Waals surface area (Å²) in [6.45, 7) is 10.8. The molecule has 4 rings (SSSR count). The van der Waals surface area contributed by atoms with Gasteiger partial charge in [-0.15, -0.1) is 0 Å². The number of hydrogen-bond donors (Lipinski definition) is 5. The van der Waals surface area contributed by atoms with Crippen LogP contribution in [0.15, 0.2) is 70.8 Å². The summed E-state index contributed by atoms with van der Waals surface area (Å²) >= 11 is 0. The number of anilines is 2. The van der Waals surface area contributed by atoms with Gasteiger partial charge in [0.1, 0.15) is 29.0 Å². The molecule has 0 aromatic heterocycles. The SMILES string of the molecule is COc1ccccc1N1CCN(CC=Nc2c(O)cc3c(O)c2CC(C)CC(OC)C(O)C(C)C=C(C)C(OC(N)=O)C(OC)/C=C\C=C(C)C(=O)N3)CC1. The summed E-state index contributed by atoms with van der Waals surface area (Å²) in [6.07, 6.45) is 4.59. The van der Waals surface area contributed by atoms with E-state index in [4.69, 9.17) is 24.7 Å². The predicted molar refractivity (Wildman–Crippen MR) is 214 cm³/mol. The molecule has 55 heavy (non-hydrogen) atoms. The molecule has 2 heterocycles. The third-order valence-electron chi connectivity index (χ3n) is 10.2. The summed E-state index contributed by atoms with van der Waals surface area (Å²) in [5, 5.41) is 37.1. The Balaban J connectivity index is 1.64. The molecule has 0 aliphatic carbocycles. The van der Waals surface area contributed by atoms with Crippen molar-refractivity contribution in [1.82, 2.24) is 4.90 Å². The van der Waals surface area contributed by atoms with Crippen LogP contribution in [0.5, 0.6) is 17.2 Å². The quantitative estimate of drug-likeness (QED) is 0.104. The van der Waals surface area contributed by atoms with Crippen molar-refractivity contribution in [3.63, 3.8) is 0 Å². The molecule has 300 valence electrons. The lowest BCUT2D eigenvalue weighted by atomic mass is 9.87. The highest BCUT2D eigenvalue weighted by Crippen LogP contribution is 2.44. The van der Waals surface area contributed by atoms with Crippen LogP contribution in [0.4, 0.5) is 21.9 Å². The fourth-order valence-electron chi connectivity index (χ4n) is 7.05. The Labute approximate surface area is 323 Å². The minimum atomic E-state index is -0.994. The van der Waals surface area contributed by atoms with E-state index in [1.165, 1.54) is 20.3 Å². The average molecular weight is 764 g/mol. The van der Waals surface area contributed by atoms with Crippen molar-refractivity contribution in [1.29, 1.82) is 0 Å². The number of amides is 2. The molecular formula is C41H57N5O9. The topological polar surface area (TPSA) is 189 Å². The van der Waals surface area contributed by atoms with Gasteiger partial charge in [-0.2, -0.15) is 0 Å². The van der Waals surface area contributed by atoms with Crippen LogP contribution in [-0.4, -0.2) is 117 Å². The Kier molecular flexibility index (Phi) is 15.7. The Morgan fingerprint density at radius 2 is 1.78 bits per heavy atom. The Morgan fingerprint density at radius 3 is 2.44 bits per heavy atom. The van der Waals surface area contributed by atoms with Crippen molar-refractivity contribution in [2.24, 2.45) is 22.6 Å². The second-order valence-electron chi connectivity index (χ2n) is 14.2. The molecule has 0 saturated carbocycles. The lowest BCUT2D eigenvalue weighted by Gasteiger charge is -2.36. The summed E-state index contributed by atoms with van der Waals surface area (Å²) in [7, 11) is 4.64. The number of methoxy groups -OCH3 is 3. The average Bonchev–Trinajstić information content (AvgIpc) is 3.17. The molecule has 6 unspecified atom stereocenters. The molecule has 14 nitrogen and oxygen atoms in total. The number of aliphatic hydroxyl groups is 1. The van der Waals surface area contributed by atoms with E-state index in [1.54, 1.807) is 51.5 Å². The number of ether oxygens (including phenoxy) is 4. The fraction of sp³-hybridized carbons (Fsp3) is 0.488. The Bertz CT molecular complexity index is 1750. The molecule has 0 radical (unpaired) electrons. The van der Waals surface area contributed by atoms with Crippen molar-refractivity contribution in [2.75, 3.05) is 64.3 Å². The van der Waals surface area contributed by atoms with Gasteiger partial charge in [-0.05, 0) is 50.3 Å². The largest absolute Gasteiger partial charge is 0.506 e. The van der Waals surface area contributed by atoms with Crippen molar-refractivity contribution < 1.29 is 43.9 Å². The first-order valence-electron chi connectivity index (χ1n) is 18.5. The maximum atomic E-state index is 13.3. The molecule has 2 aromatic carbocycles. The third kappa shape index (κ3) is 11.3. The van der Waals surface area contributed by atoms with Gasteiger partial charge in [0.05, 0.1) is 30.7 Å². The first kappa shape index (κ1) is 42.8. The highest BCUT2D eigenvalue weighted by molar-refractivity contribution is 6.04. The van der Waals surface area contributed by atoms with E-state index in [2.05, 4.69) is 26.2 Å². The predicted octanol–water partition coefficient (Wildman–Crippen LogP) is 5.09. The smallest absolute Gasteiger partial charge is 0.405 e.